The zero-order chi connectivity index (χ0) is 10.4. The van der Waals surface area contributed by atoms with Gasteiger partial charge in [-0.2, -0.15) is 0 Å². The SMILES string of the molecule is CCNC(=O)COc1cccc(O)c1. The number of phenols is 1. The van der Waals surface area contributed by atoms with E-state index in [0.717, 1.165) is 0 Å². The Balaban J connectivity index is 2.41. The van der Waals surface area contributed by atoms with E-state index in [4.69, 9.17) is 9.84 Å². The van der Waals surface area contributed by atoms with Crippen LogP contribution in [-0.2, 0) is 4.79 Å². The molecule has 1 aromatic rings. The van der Waals surface area contributed by atoms with E-state index in [1.165, 1.54) is 6.07 Å². The third kappa shape index (κ3) is 3.35. The normalized spacial score (nSPS) is 9.50. The number of benzene rings is 1. The molecule has 0 unspecified atom stereocenters. The minimum atomic E-state index is -0.171. The van der Waals surface area contributed by atoms with E-state index in [1.54, 1.807) is 18.2 Å². The molecule has 0 spiro atoms. The first-order valence-electron chi connectivity index (χ1n) is 4.41. The lowest BCUT2D eigenvalue weighted by molar-refractivity contribution is -0.122. The number of ether oxygens (including phenoxy) is 1. The minimum Gasteiger partial charge on any atom is -0.508 e. The van der Waals surface area contributed by atoms with Crippen molar-refractivity contribution in [2.45, 2.75) is 6.92 Å². The highest BCUT2D eigenvalue weighted by Crippen LogP contribution is 2.17. The Labute approximate surface area is 82.5 Å². The molecule has 76 valence electrons. The van der Waals surface area contributed by atoms with Crippen molar-refractivity contribution in [2.24, 2.45) is 0 Å². The van der Waals surface area contributed by atoms with E-state index >= 15 is 0 Å². The summed E-state index contributed by atoms with van der Waals surface area (Å²) in [5.41, 5.74) is 0. The van der Waals surface area contributed by atoms with Gasteiger partial charge in [0, 0.05) is 12.6 Å². The smallest absolute Gasteiger partial charge is 0.257 e. The second kappa shape index (κ2) is 5.11. The van der Waals surface area contributed by atoms with E-state index in [2.05, 4.69) is 5.32 Å². The maximum absolute atomic E-state index is 11.0. The first-order valence-corrected chi connectivity index (χ1v) is 4.41. The molecule has 1 rings (SSSR count). The first kappa shape index (κ1) is 10.4. The molecule has 4 nitrogen and oxygen atoms in total. The second-order valence-electron chi connectivity index (χ2n) is 2.74. The summed E-state index contributed by atoms with van der Waals surface area (Å²) < 4.78 is 5.13. The van der Waals surface area contributed by atoms with Gasteiger partial charge < -0.3 is 15.2 Å². The van der Waals surface area contributed by atoms with Gasteiger partial charge in [0.2, 0.25) is 0 Å². The maximum atomic E-state index is 11.0. The van der Waals surface area contributed by atoms with Crippen LogP contribution >= 0.6 is 0 Å². The van der Waals surface area contributed by atoms with Crippen LogP contribution in [-0.4, -0.2) is 24.2 Å². The first-order chi connectivity index (χ1) is 6.72. The van der Waals surface area contributed by atoms with Crippen LogP contribution in [0.1, 0.15) is 6.92 Å². The molecule has 0 aliphatic heterocycles. The number of amides is 1. The summed E-state index contributed by atoms with van der Waals surface area (Å²) in [4.78, 5) is 11.0. The third-order valence-corrected chi connectivity index (χ3v) is 1.56. The summed E-state index contributed by atoms with van der Waals surface area (Å²) >= 11 is 0. The lowest BCUT2D eigenvalue weighted by atomic mass is 10.3. The van der Waals surface area contributed by atoms with Gasteiger partial charge in [0.25, 0.3) is 5.91 Å². The Morgan fingerprint density at radius 2 is 2.36 bits per heavy atom. The molecule has 0 heterocycles. The highest BCUT2D eigenvalue weighted by atomic mass is 16.5. The van der Waals surface area contributed by atoms with E-state index in [1.807, 2.05) is 6.92 Å². The summed E-state index contributed by atoms with van der Waals surface area (Å²) in [5.74, 6) is 0.436. The molecular weight excluding hydrogens is 182 g/mol. The average Bonchev–Trinajstić information content (AvgIpc) is 2.15. The number of aromatic hydroxyl groups is 1. The number of likely N-dealkylation sites (N-methyl/N-ethyl adjacent to an activating group) is 1. The van der Waals surface area contributed by atoms with Crippen LogP contribution in [0, 0.1) is 0 Å². The molecule has 4 heteroatoms. The molecule has 0 saturated heterocycles. The van der Waals surface area contributed by atoms with E-state index < -0.39 is 0 Å². The zero-order valence-corrected chi connectivity index (χ0v) is 7.99. The van der Waals surface area contributed by atoms with Gasteiger partial charge in [-0.05, 0) is 19.1 Å². The number of nitrogens with one attached hydrogen (secondary N) is 1. The fraction of sp³-hybridized carbons (Fsp3) is 0.300. The number of rotatable bonds is 4. The molecule has 2 N–H and O–H groups in total. The van der Waals surface area contributed by atoms with Gasteiger partial charge in [-0.15, -0.1) is 0 Å². The number of phenolic OH excluding ortho intramolecular Hbond substituents is 1. The van der Waals surface area contributed by atoms with Crippen molar-refractivity contribution in [3.8, 4) is 11.5 Å². The molecule has 0 aliphatic carbocycles. The molecule has 1 aromatic carbocycles. The van der Waals surface area contributed by atoms with Gasteiger partial charge in [0.1, 0.15) is 11.5 Å². The molecular formula is C10H13NO3. The van der Waals surface area contributed by atoms with Gasteiger partial charge in [0.05, 0.1) is 0 Å². The van der Waals surface area contributed by atoms with Crippen molar-refractivity contribution >= 4 is 5.91 Å². The Morgan fingerprint density at radius 1 is 1.57 bits per heavy atom. The van der Waals surface area contributed by atoms with Crippen molar-refractivity contribution < 1.29 is 14.6 Å². The molecule has 0 bridgehead atoms. The number of hydrogen-bond donors (Lipinski definition) is 2. The fourth-order valence-corrected chi connectivity index (χ4v) is 0.970. The summed E-state index contributed by atoms with van der Waals surface area (Å²) in [6, 6.07) is 6.33. The average molecular weight is 195 g/mol. The van der Waals surface area contributed by atoms with Gasteiger partial charge >= 0.3 is 0 Å². The van der Waals surface area contributed by atoms with E-state index in [0.29, 0.717) is 12.3 Å². The number of carbonyl (C=O) groups is 1. The van der Waals surface area contributed by atoms with Crippen molar-refractivity contribution in [3.05, 3.63) is 24.3 Å². The molecule has 0 aliphatic rings. The van der Waals surface area contributed by atoms with Crippen LogP contribution < -0.4 is 10.1 Å². The quantitative estimate of drug-likeness (QED) is 0.750. The lowest BCUT2D eigenvalue weighted by Gasteiger charge is -2.05. The largest absolute Gasteiger partial charge is 0.508 e. The summed E-state index contributed by atoms with van der Waals surface area (Å²) in [5, 5.41) is 11.7. The zero-order valence-electron chi connectivity index (χ0n) is 7.99. The Kier molecular flexibility index (Phi) is 3.79. The Hall–Kier alpha value is -1.71. The molecule has 0 atom stereocenters. The molecule has 0 aromatic heterocycles. The summed E-state index contributed by atoms with van der Waals surface area (Å²) in [6.45, 7) is 2.39. The highest BCUT2D eigenvalue weighted by molar-refractivity contribution is 5.77. The van der Waals surface area contributed by atoms with Gasteiger partial charge in [-0.1, -0.05) is 6.07 Å². The fourth-order valence-electron chi connectivity index (χ4n) is 0.970. The molecule has 0 saturated carbocycles. The van der Waals surface area contributed by atoms with Crippen LogP contribution in [0.4, 0.5) is 0 Å². The van der Waals surface area contributed by atoms with Crippen LogP contribution in [0.3, 0.4) is 0 Å². The van der Waals surface area contributed by atoms with Crippen LogP contribution in [0.25, 0.3) is 0 Å². The minimum absolute atomic E-state index is 0.0305. The van der Waals surface area contributed by atoms with Crippen LogP contribution in [0.2, 0.25) is 0 Å². The number of carbonyl (C=O) groups excluding carboxylic acids is 1. The standard InChI is InChI=1S/C10H13NO3/c1-2-11-10(13)7-14-9-5-3-4-8(12)6-9/h3-6,12H,2,7H2,1H3,(H,11,13). The van der Waals surface area contributed by atoms with Crippen molar-refractivity contribution in [1.82, 2.24) is 5.32 Å². The summed E-state index contributed by atoms with van der Waals surface area (Å²) in [6.07, 6.45) is 0. The molecule has 1 amide bonds. The van der Waals surface area contributed by atoms with Crippen LogP contribution in [0.5, 0.6) is 11.5 Å². The van der Waals surface area contributed by atoms with Crippen molar-refractivity contribution in [1.29, 1.82) is 0 Å². The summed E-state index contributed by atoms with van der Waals surface area (Å²) in [7, 11) is 0. The monoisotopic (exact) mass is 195 g/mol. The van der Waals surface area contributed by atoms with Crippen molar-refractivity contribution in [2.75, 3.05) is 13.2 Å². The van der Waals surface area contributed by atoms with E-state index in [-0.39, 0.29) is 18.3 Å². The molecule has 0 fully saturated rings. The Bertz CT molecular complexity index is 312. The lowest BCUT2D eigenvalue weighted by Crippen LogP contribution is -2.28. The predicted molar refractivity (Wildman–Crippen MR) is 52.3 cm³/mol. The van der Waals surface area contributed by atoms with Crippen LogP contribution in [0.15, 0.2) is 24.3 Å². The number of hydrogen-bond acceptors (Lipinski definition) is 3. The van der Waals surface area contributed by atoms with Gasteiger partial charge in [-0.25, -0.2) is 0 Å². The highest BCUT2D eigenvalue weighted by Gasteiger charge is 2.00. The third-order valence-electron chi connectivity index (χ3n) is 1.56. The molecule has 14 heavy (non-hydrogen) atoms. The Morgan fingerprint density at radius 3 is 3.00 bits per heavy atom. The van der Waals surface area contributed by atoms with Gasteiger partial charge in [0.15, 0.2) is 6.61 Å². The maximum Gasteiger partial charge on any atom is 0.257 e. The van der Waals surface area contributed by atoms with Crippen molar-refractivity contribution in [3.63, 3.8) is 0 Å². The molecule has 0 radical (unpaired) electrons. The van der Waals surface area contributed by atoms with Gasteiger partial charge in [-0.3, -0.25) is 4.79 Å². The second-order valence-corrected chi connectivity index (χ2v) is 2.74. The predicted octanol–water partition coefficient (Wildman–Crippen LogP) is 0.907. The van der Waals surface area contributed by atoms with E-state index in [9.17, 15) is 4.79 Å². The topological polar surface area (TPSA) is 58.6 Å².